The largest absolute Gasteiger partial charge is 0.465 e. The van der Waals surface area contributed by atoms with E-state index in [4.69, 9.17) is 9.47 Å². The fourth-order valence-electron chi connectivity index (χ4n) is 3.04. The maximum absolute atomic E-state index is 13.7. The van der Waals surface area contributed by atoms with Crippen LogP contribution in [0.3, 0.4) is 0 Å². The highest BCUT2D eigenvalue weighted by Gasteiger charge is 2.16. The quantitative estimate of drug-likeness (QED) is 0.458. The van der Waals surface area contributed by atoms with Crippen LogP contribution in [0.1, 0.15) is 26.3 Å². The van der Waals surface area contributed by atoms with Crippen LogP contribution in [0.2, 0.25) is 0 Å². The monoisotopic (exact) mass is 489 g/mol. The Hall–Kier alpha value is -3.26. The number of carbonyl (C=O) groups is 2. The molecule has 0 saturated carbocycles. The summed E-state index contributed by atoms with van der Waals surface area (Å²) in [6.45, 7) is 0.190. The summed E-state index contributed by atoms with van der Waals surface area (Å²) in [6, 6.07) is 13.5. The summed E-state index contributed by atoms with van der Waals surface area (Å²) in [5.41, 5.74) is 2.67. The van der Waals surface area contributed by atoms with Gasteiger partial charge in [-0.1, -0.05) is 28.1 Å². The minimum Gasteiger partial charge on any atom is -0.465 e. The number of hydrogen-bond donors (Lipinski definition) is 1. The van der Waals surface area contributed by atoms with Gasteiger partial charge in [-0.25, -0.2) is 18.4 Å². The Morgan fingerprint density at radius 3 is 2.13 bits per heavy atom. The number of esters is 2. The zero-order chi connectivity index (χ0) is 22.5. The second kappa shape index (κ2) is 9.70. The van der Waals surface area contributed by atoms with Crippen molar-refractivity contribution in [3.63, 3.8) is 0 Å². The normalized spacial score (nSPS) is 10.5. The summed E-state index contributed by atoms with van der Waals surface area (Å²) < 4.78 is 37.4. The SMILES string of the molecule is COC(=O)c1ccc(Br)cc1CNc1cc(-c2ccc(F)c(F)c2)ccc1C(=O)OC. The predicted molar refractivity (Wildman–Crippen MR) is 116 cm³/mol. The van der Waals surface area contributed by atoms with Crippen LogP contribution in [0.25, 0.3) is 11.1 Å². The summed E-state index contributed by atoms with van der Waals surface area (Å²) in [7, 11) is 2.56. The summed E-state index contributed by atoms with van der Waals surface area (Å²) in [5, 5.41) is 3.13. The van der Waals surface area contributed by atoms with Crippen molar-refractivity contribution in [3.05, 3.63) is 87.4 Å². The molecule has 0 aliphatic heterocycles. The Morgan fingerprint density at radius 2 is 1.45 bits per heavy atom. The molecule has 0 spiro atoms. The molecule has 0 fully saturated rings. The van der Waals surface area contributed by atoms with Gasteiger partial charge in [-0.2, -0.15) is 0 Å². The van der Waals surface area contributed by atoms with Gasteiger partial charge in [0.25, 0.3) is 0 Å². The van der Waals surface area contributed by atoms with E-state index in [1.807, 2.05) is 0 Å². The molecule has 0 unspecified atom stereocenters. The van der Waals surface area contributed by atoms with E-state index in [0.717, 1.165) is 16.6 Å². The van der Waals surface area contributed by atoms with Gasteiger partial charge in [0.15, 0.2) is 11.6 Å². The van der Waals surface area contributed by atoms with Gasteiger partial charge < -0.3 is 14.8 Å². The number of nitrogens with one attached hydrogen (secondary N) is 1. The first-order valence-electron chi connectivity index (χ1n) is 9.12. The topological polar surface area (TPSA) is 64.6 Å². The van der Waals surface area contributed by atoms with Crippen LogP contribution in [0.5, 0.6) is 0 Å². The molecule has 0 saturated heterocycles. The van der Waals surface area contributed by atoms with E-state index >= 15 is 0 Å². The van der Waals surface area contributed by atoms with E-state index < -0.39 is 23.6 Å². The second-order valence-electron chi connectivity index (χ2n) is 6.53. The van der Waals surface area contributed by atoms with Crippen LogP contribution in [-0.4, -0.2) is 26.2 Å². The smallest absolute Gasteiger partial charge is 0.339 e. The highest BCUT2D eigenvalue weighted by atomic mass is 79.9. The lowest BCUT2D eigenvalue weighted by molar-refractivity contribution is 0.0591. The number of ether oxygens (including phenoxy) is 2. The van der Waals surface area contributed by atoms with Crippen LogP contribution >= 0.6 is 15.9 Å². The molecule has 3 aromatic rings. The molecule has 0 aromatic heterocycles. The fraction of sp³-hybridized carbons (Fsp3) is 0.130. The van der Waals surface area contributed by atoms with Crippen LogP contribution in [0.15, 0.2) is 59.1 Å². The maximum Gasteiger partial charge on any atom is 0.339 e. The Labute approximate surface area is 186 Å². The third kappa shape index (κ3) is 5.08. The van der Waals surface area contributed by atoms with Gasteiger partial charge >= 0.3 is 11.9 Å². The van der Waals surface area contributed by atoms with E-state index in [1.54, 1.807) is 30.3 Å². The zero-order valence-electron chi connectivity index (χ0n) is 16.7. The lowest BCUT2D eigenvalue weighted by Crippen LogP contribution is -2.12. The molecule has 0 bridgehead atoms. The van der Waals surface area contributed by atoms with Gasteiger partial charge in [-0.05, 0) is 59.2 Å². The van der Waals surface area contributed by atoms with Crippen molar-refractivity contribution in [1.29, 1.82) is 0 Å². The van der Waals surface area contributed by atoms with E-state index in [1.165, 1.54) is 26.4 Å². The van der Waals surface area contributed by atoms with Crippen LogP contribution < -0.4 is 5.32 Å². The Morgan fingerprint density at radius 1 is 0.839 bits per heavy atom. The summed E-state index contributed by atoms with van der Waals surface area (Å²) in [4.78, 5) is 24.3. The molecule has 1 N–H and O–H groups in total. The first-order chi connectivity index (χ1) is 14.8. The third-order valence-corrected chi connectivity index (χ3v) is 5.11. The van der Waals surface area contributed by atoms with Gasteiger partial charge in [0.05, 0.1) is 25.3 Å². The predicted octanol–water partition coefficient (Wildman–Crippen LogP) is 5.58. The van der Waals surface area contributed by atoms with Crippen molar-refractivity contribution >= 4 is 33.6 Å². The minimum atomic E-state index is -0.971. The first kappa shape index (κ1) is 22.4. The summed E-state index contributed by atoms with van der Waals surface area (Å²) in [5.74, 6) is -2.98. The Balaban J connectivity index is 1.99. The molecule has 3 aromatic carbocycles. The minimum absolute atomic E-state index is 0.190. The van der Waals surface area contributed by atoms with E-state index in [9.17, 15) is 18.4 Å². The van der Waals surface area contributed by atoms with E-state index in [-0.39, 0.29) is 12.1 Å². The van der Waals surface area contributed by atoms with Crippen molar-refractivity contribution in [2.45, 2.75) is 6.54 Å². The van der Waals surface area contributed by atoms with E-state index in [2.05, 4.69) is 21.2 Å². The lowest BCUT2D eigenvalue weighted by atomic mass is 10.0. The van der Waals surface area contributed by atoms with Crippen molar-refractivity contribution in [1.82, 2.24) is 0 Å². The molecular formula is C23H18BrF2NO4. The zero-order valence-corrected chi connectivity index (χ0v) is 18.3. The van der Waals surface area contributed by atoms with Crippen molar-refractivity contribution in [2.75, 3.05) is 19.5 Å². The Kier molecular flexibility index (Phi) is 7.02. The molecular weight excluding hydrogens is 472 g/mol. The molecule has 0 heterocycles. The molecule has 0 aliphatic carbocycles. The van der Waals surface area contributed by atoms with Crippen LogP contribution in [0.4, 0.5) is 14.5 Å². The number of halogens is 3. The number of rotatable bonds is 6. The number of methoxy groups -OCH3 is 2. The van der Waals surface area contributed by atoms with Crippen molar-refractivity contribution in [3.8, 4) is 11.1 Å². The van der Waals surface area contributed by atoms with E-state index in [0.29, 0.717) is 27.9 Å². The molecule has 0 amide bonds. The maximum atomic E-state index is 13.7. The number of anilines is 1. The average molecular weight is 490 g/mol. The molecule has 0 radical (unpaired) electrons. The van der Waals surface area contributed by atoms with Gasteiger partial charge in [0, 0.05) is 16.7 Å². The highest BCUT2D eigenvalue weighted by Crippen LogP contribution is 2.28. The van der Waals surface area contributed by atoms with Crippen LogP contribution in [-0.2, 0) is 16.0 Å². The molecule has 31 heavy (non-hydrogen) atoms. The highest BCUT2D eigenvalue weighted by molar-refractivity contribution is 9.10. The average Bonchev–Trinajstić information content (AvgIpc) is 2.78. The number of benzene rings is 3. The first-order valence-corrected chi connectivity index (χ1v) is 9.91. The third-order valence-electron chi connectivity index (χ3n) is 4.62. The number of hydrogen-bond acceptors (Lipinski definition) is 5. The number of carbonyl (C=O) groups excluding carboxylic acids is 2. The summed E-state index contributed by atoms with van der Waals surface area (Å²) >= 11 is 3.38. The van der Waals surface area contributed by atoms with Gasteiger partial charge in [0.1, 0.15) is 0 Å². The van der Waals surface area contributed by atoms with Gasteiger partial charge in [0.2, 0.25) is 0 Å². The Bertz CT molecular complexity index is 1150. The van der Waals surface area contributed by atoms with Crippen molar-refractivity contribution < 1.29 is 27.8 Å². The lowest BCUT2D eigenvalue weighted by Gasteiger charge is -2.15. The molecule has 160 valence electrons. The van der Waals surface area contributed by atoms with Gasteiger partial charge in [-0.15, -0.1) is 0 Å². The standard InChI is InChI=1S/C23H18BrF2NO4/c1-30-22(28)17-7-5-16(24)9-15(17)12-27-21-11-14(3-6-18(21)23(29)31-2)13-4-8-19(25)20(26)10-13/h3-11,27H,12H2,1-2H3. The van der Waals surface area contributed by atoms with Crippen molar-refractivity contribution in [2.24, 2.45) is 0 Å². The fourth-order valence-corrected chi connectivity index (χ4v) is 3.45. The summed E-state index contributed by atoms with van der Waals surface area (Å²) in [6.07, 6.45) is 0. The molecule has 0 aliphatic rings. The molecule has 5 nitrogen and oxygen atoms in total. The van der Waals surface area contributed by atoms with Gasteiger partial charge in [-0.3, -0.25) is 0 Å². The molecule has 8 heteroatoms. The molecule has 0 atom stereocenters. The van der Waals surface area contributed by atoms with Crippen LogP contribution in [0, 0.1) is 11.6 Å². The molecule has 3 rings (SSSR count). The second-order valence-corrected chi connectivity index (χ2v) is 7.44.